The van der Waals surface area contributed by atoms with E-state index >= 15 is 0 Å². The fraction of sp³-hybridized carbons (Fsp3) is 1.00. The molecule has 0 fully saturated rings. The highest BCUT2D eigenvalue weighted by Crippen LogP contribution is 2.25. The highest BCUT2D eigenvalue weighted by Gasteiger charge is 2.00. The Morgan fingerprint density at radius 1 is 1.06 bits per heavy atom. The van der Waals surface area contributed by atoms with Crippen molar-refractivity contribution in [1.82, 2.24) is 10.4 Å². The van der Waals surface area contributed by atoms with Gasteiger partial charge in [-0.05, 0) is 6.42 Å². The van der Waals surface area contributed by atoms with Gasteiger partial charge in [0.1, 0.15) is 0 Å². The molecule has 0 aromatic carbocycles. The molecule has 0 heterocycles. The summed E-state index contributed by atoms with van der Waals surface area (Å²) >= 11 is 0. The van der Waals surface area contributed by atoms with Gasteiger partial charge < -0.3 is 14.7 Å². The van der Waals surface area contributed by atoms with Crippen LogP contribution in [0, 0.1) is 0 Å². The van der Waals surface area contributed by atoms with Crippen LogP contribution in [0.1, 0.15) is 40.0 Å². The average Bonchev–Trinajstić information content (AvgIpc) is 2.16. The van der Waals surface area contributed by atoms with E-state index in [2.05, 4.69) is 31.2 Å². The summed E-state index contributed by atoms with van der Waals surface area (Å²) in [5, 5.41) is 2.25. The van der Waals surface area contributed by atoms with Crippen molar-refractivity contribution < 1.29 is 19.2 Å². The molecule has 0 saturated carbocycles. The lowest BCUT2D eigenvalue weighted by Gasteiger charge is -2.19. The molecule has 0 spiro atoms. The summed E-state index contributed by atoms with van der Waals surface area (Å²) < 4.78 is 8.88. The van der Waals surface area contributed by atoms with Crippen LogP contribution in [0.15, 0.2) is 0 Å². The predicted molar refractivity (Wildman–Crippen MR) is 64.7 cm³/mol. The van der Waals surface area contributed by atoms with Crippen LogP contribution in [-0.2, 0) is 4.57 Å². The minimum Gasteiger partial charge on any atom is -0.303 e. The summed E-state index contributed by atoms with van der Waals surface area (Å²) in [6, 6.07) is 0. The Kier molecular flexibility index (Phi) is 13.2. The molecule has 0 saturated heterocycles. The molecule has 0 rings (SSSR count). The van der Waals surface area contributed by atoms with Gasteiger partial charge in [-0.1, -0.05) is 33.6 Å². The zero-order valence-electron chi connectivity index (χ0n) is 10.4. The summed E-state index contributed by atoms with van der Waals surface area (Å²) in [4.78, 5) is 21.6. The zero-order valence-corrected chi connectivity index (χ0v) is 11.3. The Balaban J connectivity index is 0. The predicted octanol–water partition coefficient (Wildman–Crippen LogP) is 1.09. The standard InChI is InChI=1S/C9H22N2.H3O4P/c1-4-7-8-9-10-11(5-2)6-3;1-5(2,3)4/h10H,4-9H2,1-3H3;(H3,1,2,3,4). The van der Waals surface area contributed by atoms with Crippen LogP contribution in [0.3, 0.4) is 0 Å². The molecule has 0 aromatic rings. The Morgan fingerprint density at radius 3 is 1.81 bits per heavy atom. The molecular formula is C9H25N2O4P. The van der Waals surface area contributed by atoms with Gasteiger partial charge in [-0.3, -0.25) is 5.43 Å². The first-order valence-electron chi connectivity index (χ1n) is 5.61. The van der Waals surface area contributed by atoms with Crippen molar-refractivity contribution in [2.45, 2.75) is 40.0 Å². The number of nitrogens with one attached hydrogen (secondary N) is 1. The second-order valence-corrected chi connectivity index (χ2v) is 4.33. The van der Waals surface area contributed by atoms with Gasteiger partial charge in [-0.25, -0.2) is 9.57 Å². The largest absolute Gasteiger partial charge is 0.466 e. The number of nitrogens with zero attached hydrogens (tertiary/aromatic N) is 1. The highest BCUT2D eigenvalue weighted by atomic mass is 31.2. The van der Waals surface area contributed by atoms with Crippen molar-refractivity contribution in [3.8, 4) is 0 Å². The van der Waals surface area contributed by atoms with Gasteiger partial charge in [0.15, 0.2) is 0 Å². The van der Waals surface area contributed by atoms with E-state index in [0.717, 1.165) is 19.6 Å². The second-order valence-electron chi connectivity index (χ2n) is 3.30. The monoisotopic (exact) mass is 256 g/mol. The minimum absolute atomic E-state index is 1.10. The molecule has 0 bridgehead atoms. The van der Waals surface area contributed by atoms with Crippen LogP contribution < -0.4 is 5.43 Å². The number of hydrazine groups is 1. The van der Waals surface area contributed by atoms with Crippen LogP contribution >= 0.6 is 7.82 Å². The maximum Gasteiger partial charge on any atom is 0.466 e. The fourth-order valence-corrected chi connectivity index (χ4v) is 1.06. The molecule has 6 nitrogen and oxygen atoms in total. The molecule has 16 heavy (non-hydrogen) atoms. The molecule has 0 aliphatic carbocycles. The van der Waals surface area contributed by atoms with Gasteiger partial charge in [-0.2, -0.15) is 0 Å². The van der Waals surface area contributed by atoms with E-state index in [-0.39, 0.29) is 0 Å². The summed E-state index contributed by atoms with van der Waals surface area (Å²) in [6.07, 6.45) is 3.95. The van der Waals surface area contributed by atoms with E-state index < -0.39 is 7.82 Å². The fourth-order valence-electron chi connectivity index (χ4n) is 1.06. The van der Waals surface area contributed by atoms with Gasteiger partial charge in [0.05, 0.1) is 0 Å². The third-order valence-electron chi connectivity index (χ3n) is 1.88. The molecule has 100 valence electrons. The molecule has 4 N–H and O–H groups in total. The zero-order chi connectivity index (χ0) is 13.0. The number of phosphoric acid groups is 1. The number of rotatable bonds is 7. The van der Waals surface area contributed by atoms with Crippen molar-refractivity contribution in [1.29, 1.82) is 0 Å². The van der Waals surface area contributed by atoms with Crippen molar-refractivity contribution in [2.24, 2.45) is 0 Å². The minimum atomic E-state index is -4.64. The molecule has 0 atom stereocenters. The summed E-state index contributed by atoms with van der Waals surface area (Å²) in [5.74, 6) is 0. The van der Waals surface area contributed by atoms with Crippen molar-refractivity contribution in [3.63, 3.8) is 0 Å². The molecule has 0 unspecified atom stereocenters. The van der Waals surface area contributed by atoms with Crippen molar-refractivity contribution in [2.75, 3.05) is 19.6 Å². The maximum absolute atomic E-state index is 8.88. The lowest BCUT2D eigenvalue weighted by atomic mass is 10.2. The number of hydrogen-bond acceptors (Lipinski definition) is 3. The molecule has 0 radical (unpaired) electrons. The maximum atomic E-state index is 8.88. The summed E-state index contributed by atoms with van der Waals surface area (Å²) in [5.41, 5.74) is 3.39. The Hall–Kier alpha value is 0.0300. The number of hydrogen-bond donors (Lipinski definition) is 4. The Bertz CT molecular complexity index is 174. The molecule has 0 aliphatic heterocycles. The van der Waals surface area contributed by atoms with Crippen LogP contribution in [0.2, 0.25) is 0 Å². The first-order valence-corrected chi connectivity index (χ1v) is 7.18. The van der Waals surface area contributed by atoms with E-state index in [1.807, 2.05) is 0 Å². The Morgan fingerprint density at radius 2 is 1.50 bits per heavy atom. The van der Waals surface area contributed by atoms with Gasteiger partial charge in [0.25, 0.3) is 0 Å². The molecule has 7 heteroatoms. The second kappa shape index (κ2) is 11.5. The third kappa shape index (κ3) is 23.7. The van der Waals surface area contributed by atoms with E-state index in [1.165, 1.54) is 19.3 Å². The summed E-state index contributed by atoms with van der Waals surface area (Å²) in [6.45, 7) is 9.92. The van der Waals surface area contributed by atoms with E-state index in [4.69, 9.17) is 19.2 Å². The van der Waals surface area contributed by atoms with Crippen molar-refractivity contribution >= 4 is 7.82 Å². The van der Waals surface area contributed by atoms with Gasteiger partial charge >= 0.3 is 7.82 Å². The van der Waals surface area contributed by atoms with E-state index in [9.17, 15) is 0 Å². The Labute approximate surface area is 97.9 Å². The quantitative estimate of drug-likeness (QED) is 0.309. The molecule has 0 aromatic heterocycles. The van der Waals surface area contributed by atoms with Crippen LogP contribution in [0.4, 0.5) is 0 Å². The summed E-state index contributed by atoms with van der Waals surface area (Å²) in [7, 11) is -4.64. The lowest BCUT2D eigenvalue weighted by Crippen LogP contribution is -2.38. The smallest absolute Gasteiger partial charge is 0.303 e. The van der Waals surface area contributed by atoms with Gasteiger partial charge in [0.2, 0.25) is 0 Å². The van der Waals surface area contributed by atoms with Crippen LogP contribution in [-0.4, -0.2) is 39.3 Å². The topological polar surface area (TPSA) is 93.0 Å². The van der Waals surface area contributed by atoms with Crippen LogP contribution in [0.25, 0.3) is 0 Å². The molecular weight excluding hydrogens is 231 g/mol. The molecule has 0 aliphatic rings. The number of unbranched alkanes of at least 4 members (excludes halogenated alkanes) is 2. The van der Waals surface area contributed by atoms with Crippen LogP contribution in [0.5, 0.6) is 0 Å². The van der Waals surface area contributed by atoms with Crippen molar-refractivity contribution in [3.05, 3.63) is 0 Å². The average molecular weight is 256 g/mol. The van der Waals surface area contributed by atoms with E-state index in [1.54, 1.807) is 0 Å². The SMILES string of the molecule is CCCCCNN(CC)CC.O=P(O)(O)O. The third-order valence-corrected chi connectivity index (χ3v) is 1.88. The highest BCUT2D eigenvalue weighted by molar-refractivity contribution is 7.45. The lowest BCUT2D eigenvalue weighted by molar-refractivity contribution is 0.207. The first kappa shape index (κ1) is 18.4. The first-order chi connectivity index (χ1) is 7.35. The normalized spacial score (nSPS) is 11.2. The van der Waals surface area contributed by atoms with E-state index in [0.29, 0.717) is 0 Å². The van der Waals surface area contributed by atoms with Gasteiger partial charge in [0, 0.05) is 19.6 Å². The molecule has 0 amide bonds. The van der Waals surface area contributed by atoms with Gasteiger partial charge in [-0.15, -0.1) is 0 Å².